The molecule has 2 rings (SSSR count). The van der Waals surface area contributed by atoms with E-state index in [0.29, 0.717) is 10.0 Å². The molecule has 21 heavy (non-hydrogen) atoms. The van der Waals surface area contributed by atoms with Gasteiger partial charge < -0.3 is 5.32 Å². The van der Waals surface area contributed by atoms with Gasteiger partial charge in [0.25, 0.3) is 5.91 Å². The lowest BCUT2D eigenvalue weighted by Crippen LogP contribution is -2.27. The van der Waals surface area contributed by atoms with Crippen LogP contribution in [0.2, 0.25) is 0 Å². The zero-order chi connectivity index (χ0) is 15.6. The van der Waals surface area contributed by atoms with Crippen LogP contribution in [0.5, 0.6) is 0 Å². The standard InChI is InChI=1S/C15H11BrF3NO/c1-8(9-2-4-13(18)14(19)6-9)20-15(21)11-7-10(16)3-5-12(11)17/h2-8H,1H3,(H,20,21)/t8-/m1/s1. The summed E-state index contributed by atoms with van der Waals surface area (Å²) >= 11 is 3.16. The molecule has 0 saturated heterocycles. The minimum Gasteiger partial charge on any atom is -0.345 e. The number of carbonyl (C=O) groups excluding carboxylic acids is 1. The highest BCUT2D eigenvalue weighted by atomic mass is 79.9. The third kappa shape index (κ3) is 3.64. The summed E-state index contributed by atoms with van der Waals surface area (Å²) in [6.45, 7) is 1.60. The van der Waals surface area contributed by atoms with E-state index in [0.717, 1.165) is 12.1 Å². The van der Waals surface area contributed by atoms with Crippen LogP contribution in [0.3, 0.4) is 0 Å². The average Bonchev–Trinajstić information content (AvgIpc) is 2.44. The number of nitrogens with one attached hydrogen (secondary N) is 1. The maximum atomic E-state index is 13.6. The highest BCUT2D eigenvalue weighted by Gasteiger charge is 2.16. The summed E-state index contributed by atoms with van der Waals surface area (Å²) in [6, 6.07) is 6.74. The first-order valence-electron chi connectivity index (χ1n) is 6.09. The van der Waals surface area contributed by atoms with Crippen molar-refractivity contribution in [3.05, 3.63) is 69.4 Å². The molecule has 2 aromatic rings. The van der Waals surface area contributed by atoms with Gasteiger partial charge in [-0.2, -0.15) is 0 Å². The van der Waals surface area contributed by atoms with Gasteiger partial charge in [-0.05, 0) is 42.8 Å². The van der Waals surface area contributed by atoms with Gasteiger partial charge in [0.1, 0.15) is 5.82 Å². The van der Waals surface area contributed by atoms with Crippen LogP contribution in [0.15, 0.2) is 40.9 Å². The first-order chi connectivity index (χ1) is 9.88. The van der Waals surface area contributed by atoms with Crippen molar-refractivity contribution in [2.75, 3.05) is 0 Å². The van der Waals surface area contributed by atoms with Crippen molar-refractivity contribution in [3.8, 4) is 0 Å². The number of hydrogen-bond donors (Lipinski definition) is 1. The normalized spacial score (nSPS) is 12.0. The lowest BCUT2D eigenvalue weighted by atomic mass is 10.1. The minimum absolute atomic E-state index is 0.126. The monoisotopic (exact) mass is 357 g/mol. The molecule has 1 amide bonds. The van der Waals surface area contributed by atoms with Crippen molar-refractivity contribution in [1.82, 2.24) is 5.32 Å². The molecule has 0 spiro atoms. The molecule has 0 unspecified atom stereocenters. The summed E-state index contributed by atoms with van der Waals surface area (Å²) in [4.78, 5) is 12.0. The average molecular weight is 358 g/mol. The van der Waals surface area contributed by atoms with Crippen molar-refractivity contribution in [1.29, 1.82) is 0 Å². The highest BCUT2D eigenvalue weighted by molar-refractivity contribution is 9.10. The lowest BCUT2D eigenvalue weighted by molar-refractivity contribution is 0.0935. The van der Waals surface area contributed by atoms with Crippen molar-refractivity contribution in [2.45, 2.75) is 13.0 Å². The van der Waals surface area contributed by atoms with Crippen molar-refractivity contribution in [2.24, 2.45) is 0 Å². The van der Waals surface area contributed by atoms with E-state index in [1.807, 2.05) is 0 Å². The molecule has 1 N–H and O–H groups in total. The molecule has 0 bridgehead atoms. The summed E-state index contributed by atoms with van der Waals surface area (Å²) in [5.41, 5.74) is 0.261. The third-order valence-corrected chi connectivity index (χ3v) is 3.46. The number of benzene rings is 2. The number of carbonyl (C=O) groups is 1. The molecule has 1 atom stereocenters. The van der Waals surface area contributed by atoms with Crippen LogP contribution in [-0.4, -0.2) is 5.91 Å². The Hall–Kier alpha value is -1.82. The van der Waals surface area contributed by atoms with Crippen LogP contribution in [0.4, 0.5) is 13.2 Å². The fourth-order valence-corrected chi connectivity index (χ4v) is 2.17. The molecule has 2 aromatic carbocycles. The van der Waals surface area contributed by atoms with E-state index in [-0.39, 0.29) is 5.56 Å². The molecule has 0 aromatic heterocycles. The van der Waals surface area contributed by atoms with Gasteiger partial charge in [0.2, 0.25) is 0 Å². The van der Waals surface area contributed by atoms with Gasteiger partial charge >= 0.3 is 0 Å². The number of halogens is 4. The number of rotatable bonds is 3. The fourth-order valence-electron chi connectivity index (χ4n) is 1.81. The molecule has 0 radical (unpaired) electrons. The molecule has 2 nitrogen and oxygen atoms in total. The van der Waals surface area contributed by atoms with Gasteiger partial charge in [-0.15, -0.1) is 0 Å². The van der Waals surface area contributed by atoms with Crippen molar-refractivity contribution in [3.63, 3.8) is 0 Å². The van der Waals surface area contributed by atoms with Crippen LogP contribution in [-0.2, 0) is 0 Å². The van der Waals surface area contributed by atoms with Gasteiger partial charge in [-0.25, -0.2) is 13.2 Å². The summed E-state index contributed by atoms with van der Waals surface area (Å²) in [7, 11) is 0. The third-order valence-electron chi connectivity index (χ3n) is 2.96. The zero-order valence-electron chi connectivity index (χ0n) is 11.0. The predicted molar refractivity (Wildman–Crippen MR) is 76.3 cm³/mol. The lowest BCUT2D eigenvalue weighted by Gasteiger charge is -2.15. The van der Waals surface area contributed by atoms with Gasteiger partial charge in [-0.1, -0.05) is 22.0 Å². The van der Waals surface area contributed by atoms with Crippen LogP contribution < -0.4 is 5.32 Å². The zero-order valence-corrected chi connectivity index (χ0v) is 12.5. The fraction of sp³-hybridized carbons (Fsp3) is 0.133. The van der Waals surface area contributed by atoms with E-state index in [4.69, 9.17) is 0 Å². The smallest absolute Gasteiger partial charge is 0.254 e. The maximum absolute atomic E-state index is 13.6. The van der Waals surface area contributed by atoms with E-state index in [9.17, 15) is 18.0 Å². The molecule has 0 aliphatic heterocycles. The van der Waals surface area contributed by atoms with E-state index in [1.54, 1.807) is 6.92 Å². The highest BCUT2D eigenvalue weighted by Crippen LogP contribution is 2.19. The van der Waals surface area contributed by atoms with Crippen LogP contribution in [0.25, 0.3) is 0 Å². The Bertz CT molecular complexity index is 691. The Morgan fingerprint density at radius 3 is 2.38 bits per heavy atom. The van der Waals surface area contributed by atoms with Gasteiger partial charge in [0.15, 0.2) is 11.6 Å². The van der Waals surface area contributed by atoms with E-state index >= 15 is 0 Å². The number of hydrogen-bond acceptors (Lipinski definition) is 1. The minimum atomic E-state index is -0.998. The van der Waals surface area contributed by atoms with Crippen molar-refractivity contribution >= 4 is 21.8 Å². The SMILES string of the molecule is C[C@@H](NC(=O)c1cc(Br)ccc1F)c1ccc(F)c(F)c1. The molecular weight excluding hydrogens is 347 g/mol. The molecule has 6 heteroatoms. The largest absolute Gasteiger partial charge is 0.345 e. The Balaban J connectivity index is 2.18. The van der Waals surface area contributed by atoms with Gasteiger partial charge in [-0.3, -0.25) is 4.79 Å². The maximum Gasteiger partial charge on any atom is 0.254 e. The second-order valence-electron chi connectivity index (χ2n) is 4.49. The van der Waals surface area contributed by atoms with Crippen molar-refractivity contribution < 1.29 is 18.0 Å². The molecule has 110 valence electrons. The quantitative estimate of drug-likeness (QED) is 0.868. The Kier molecular flexibility index (Phi) is 4.67. The number of amides is 1. The molecule has 0 aliphatic carbocycles. The second kappa shape index (κ2) is 6.30. The molecule has 0 heterocycles. The second-order valence-corrected chi connectivity index (χ2v) is 5.41. The summed E-state index contributed by atoms with van der Waals surface area (Å²) in [6.07, 6.45) is 0. The van der Waals surface area contributed by atoms with Gasteiger partial charge in [0.05, 0.1) is 11.6 Å². The predicted octanol–water partition coefficient (Wildman–Crippen LogP) is 4.36. The molecular formula is C15H11BrF3NO. The van der Waals surface area contributed by atoms with Crippen LogP contribution in [0.1, 0.15) is 28.9 Å². The van der Waals surface area contributed by atoms with E-state index in [1.165, 1.54) is 24.3 Å². The first kappa shape index (κ1) is 15.6. The summed E-state index contributed by atoms with van der Waals surface area (Å²) < 4.78 is 40.2. The summed E-state index contributed by atoms with van der Waals surface area (Å²) in [5, 5.41) is 2.54. The topological polar surface area (TPSA) is 29.1 Å². The summed E-state index contributed by atoms with van der Waals surface area (Å²) in [5.74, 6) is -3.25. The molecule has 0 aliphatic rings. The van der Waals surface area contributed by atoms with E-state index in [2.05, 4.69) is 21.2 Å². The Labute approximate surface area is 128 Å². The molecule has 0 fully saturated rings. The van der Waals surface area contributed by atoms with Crippen LogP contribution >= 0.6 is 15.9 Å². The van der Waals surface area contributed by atoms with E-state index < -0.39 is 29.4 Å². The van der Waals surface area contributed by atoms with Gasteiger partial charge in [0, 0.05) is 4.47 Å². The Morgan fingerprint density at radius 2 is 1.71 bits per heavy atom. The molecule has 0 saturated carbocycles. The Morgan fingerprint density at radius 1 is 1.05 bits per heavy atom. The first-order valence-corrected chi connectivity index (χ1v) is 6.88. The van der Waals surface area contributed by atoms with Crippen LogP contribution in [0, 0.1) is 17.5 Å².